The van der Waals surface area contributed by atoms with Crippen LogP contribution in [0.5, 0.6) is 5.75 Å². The van der Waals surface area contributed by atoms with Crippen molar-refractivity contribution in [2.75, 3.05) is 47.5 Å². The smallest absolute Gasteiger partial charge is 0.230 e. The van der Waals surface area contributed by atoms with Crippen molar-refractivity contribution in [1.82, 2.24) is 10.2 Å². The summed E-state index contributed by atoms with van der Waals surface area (Å²) < 4.78 is 10.7. The number of hydrogen-bond donors (Lipinski definition) is 1. The van der Waals surface area contributed by atoms with E-state index < -0.39 is 0 Å². The number of nitrogens with zero attached hydrogens (tertiary/aromatic N) is 1. The van der Waals surface area contributed by atoms with Crippen LogP contribution in [0.2, 0.25) is 0 Å². The predicted molar refractivity (Wildman–Crippen MR) is 90.7 cm³/mol. The number of carbonyl (C=O) groups excluding carboxylic acids is 1. The number of hydrogen-bond acceptors (Lipinski definition) is 4. The Hall–Kier alpha value is -1.59. The molecule has 5 heteroatoms. The number of likely N-dealkylation sites (N-methyl/N-ethyl adjacent to an activating group) is 1. The van der Waals surface area contributed by atoms with Crippen molar-refractivity contribution in [3.05, 3.63) is 29.8 Å². The summed E-state index contributed by atoms with van der Waals surface area (Å²) in [5.41, 5.74) is 0.746. The van der Waals surface area contributed by atoms with Gasteiger partial charge >= 0.3 is 0 Å². The van der Waals surface area contributed by atoms with Crippen LogP contribution in [0.4, 0.5) is 0 Å². The Morgan fingerprint density at radius 3 is 2.61 bits per heavy atom. The number of carbonyl (C=O) groups is 1. The molecule has 0 spiro atoms. The van der Waals surface area contributed by atoms with Gasteiger partial charge in [0.25, 0.3) is 0 Å². The first-order valence-corrected chi connectivity index (χ1v) is 8.20. The molecule has 1 aliphatic heterocycles. The number of nitrogens with one attached hydrogen (secondary N) is 1. The van der Waals surface area contributed by atoms with Crippen LogP contribution >= 0.6 is 0 Å². The van der Waals surface area contributed by atoms with Crippen molar-refractivity contribution in [3.63, 3.8) is 0 Å². The number of para-hydroxylation sites is 1. The van der Waals surface area contributed by atoms with E-state index in [2.05, 4.69) is 5.32 Å². The first-order valence-electron chi connectivity index (χ1n) is 8.20. The standard InChI is InChI=1S/C18H28N2O3/c1-20(13-8-15-6-4-5-7-16(15)23-3)17(21)18(14-22-2)9-11-19-12-10-18/h4-7,19H,8-14H2,1-3H3. The molecule has 1 heterocycles. The third kappa shape index (κ3) is 4.24. The van der Waals surface area contributed by atoms with Gasteiger partial charge in [0.15, 0.2) is 0 Å². The topological polar surface area (TPSA) is 50.8 Å². The monoisotopic (exact) mass is 320 g/mol. The molecule has 0 atom stereocenters. The number of rotatable bonds is 7. The highest BCUT2D eigenvalue weighted by Gasteiger charge is 2.41. The summed E-state index contributed by atoms with van der Waals surface area (Å²) in [6.07, 6.45) is 2.45. The lowest BCUT2D eigenvalue weighted by Crippen LogP contribution is -2.51. The van der Waals surface area contributed by atoms with Crippen molar-refractivity contribution < 1.29 is 14.3 Å². The molecule has 1 aliphatic rings. The van der Waals surface area contributed by atoms with Gasteiger partial charge < -0.3 is 19.7 Å². The summed E-state index contributed by atoms with van der Waals surface area (Å²) in [6.45, 7) is 2.91. The van der Waals surface area contributed by atoms with E-state index in [9.17, 15) is 4.79 Å². The second-order valence-electron chi connectivity index (χ2n) is 6.25. The molecule has 1 fully saturated rings. The average molecular weight is 320 g/mol. The molecular formula is C18H28N2O3. The van der Waals surface area contributed by atoms with E-state index in [4.69, 9.17) is 9.47 Å². The largest absolute Gasteiger partial charge is 0.496 e. The fourth-order valence-electron chi connectivity index (χ4n) is 3.31. The SMILES string of the molecule is COCC1(C(=O)N(C)CCc2ccccc2OC)CCNCC1. The van der Waals surface area contributed by atoms with Gasteiger partial charge in [0, 0.05) is 20.7 Å². The molecule has 0 aliphatic carbocycles. The molecule has 0 aromatic heterocycles. The Bertz CT molecular complexity index is 507. The molecule has 2 rings (SSSR count). The number of piperidine rings is 1. The number of methoxy groups -OCH3 is 2. The molecule has 23 heavy (non-hydrogen) atoms. The Labute approximate surface area is 139 Å². The molecule has 0 unspecified atom stereocenters. The van der Waals surface area contributed by atoms with Gasteiger partial charge in [-0.15, -0.1) is 0 Å². The van der Waals surface area contributed by atoms with E-state index in [0.29, 0.717) is 13.2 Å². The van der Waals surface area contributed by atoms with Gasteiger partial charge in [-0.2, -0.15) is 0 Å². The maximum Gasteiger partial charge on any atom is 0.230 e. The quantitative estimate of drug-likeness (QED) is 0.831. The number of benzene rings is 1. The van der Waals surface area contributed by atoms with E-state index in [0.717, 1.165) is 43.7 Å². The van der Waals surface area contributed by atoms with Crippen LogP contribution in [0.15, 0.2) is 24.3 Å². The van der Waals surface area contributed by atoms with Gasteiger partial charge in [-0.25, -0.2) is 0 Å². The predicted octanol–water partition coefficient (Wildman–Crippen LogP) is 1.71. The number of ether oxygens (including phenoxy) is 2. The summed E-state index contributed by atoms with van der Waals surface area (Å²) in [4.78, 5) is 14.8. The summed E-state index contributed by atoms with van der Waals surface area (Å²) in [5.74, 6) is 1.07. The zero-order chi connectivity index (χ0) is 16.7. The molecule has 128 valence electrons. The van der Waals surface area contributed by atoms with Gasteiger partial charge in [-0.05, 0) is 44.0 Å². The molecule has 0 saturated carbocycles. The molecular weight excluding hydrogens is 292 g/mol. The third-order valence-electron chi connectivity index (χ3n) is 4.69. The zero-order valence-corrected chi connectivity index (χ0v) is 14.4. The van der Waals surface area contributed by atoms with Crippen LogP contribution in [-0.4, -0.2) is 58.3 Å². The summed E-state index contributed by atoms with van der Waals surface area (Å²) in [6, 6.07) is 7.96. The van der Waals surface area contributed by atoms with Crippen molar-refractivity contribution in [1.29, 1.82) is 0 Å². The molecule has 1 aromatic carbocycles. The van der Waals surface area contributed by atoms with Gasteiger partial charge in [0.05, 0.1) is 19.1 Å². The highest BCUT2D eigenvalue weighted by Crippen LogP contribution is 2.31. The van der Waals surface area contributed by atoms with Crippen molar-refractivity contribution in [2.45, 2.75) is 19.3 Å². The highest BCUT2D eigenvalue weighted by atomic mass is 16.5. The summed E-state index contributed by atoms with van der Waals surface area (Å²) in [5, 5.41) is 3.32. The minimum atomic E-state index is -0.379. The molecule has 5 nitrogen and oxygen atoms in total. The third-order valence-corrected chi connectivity index (χ3v) is 4.69. The zero-order valence-electron chi connectivity index (χ0n) is 14.4. The fourth-order valence-corrected chi connectivity index (χ4v) is 3.31. The van der Waals surface area contributed by atoms with Crippen LogP contribution in [0.25, 0.3) is 0 Å². The Kier molecular flexibility index (Phi) is 6.42. The van der Waals surface area contributed by atoms with Crippen LogP contribution in [0, 0.1) is 5.41 Å². The lowest BCUT2D eigenvalue weighted by Gasteiger charge is -2.38. The maximum atomic E-state index is 13.0. The van der Waals surface area contributed by atoms with Crippen LogP contribution in [-0.2, 0) is 16.0 Å². The minimum absolute atomic E-state index is 0.191. The van der Waals surface area contributed by atoms with Crippen molar-refractivity contribution in [2.24, 2.45) is 5.41 Å². The lowest BCUT2D eigenvalue weighted by molar-refractivity contribution is -0.146. The van der Waals surface area contributed by atoms with E-state index in [1.165, 1.54) is 0 Å². The van der Waals surface area contributed by atoms with Crippen molar-refractivity contribution in [3.8, 4) is 5.75 Å². The Morgan fingerprint density at radius 1 is 1.26 bits per heavy atom. The Balaban J connectivity index is 2.00. The second-order valence-corrected chi connectivity index (χ2v) is 6.25. The summed E-state index contributed by atoms with van der Waals surface area (Å²) >= 11 is 0. The van der Waals surface area contributed by atoms with E-state index in [-0.39, 0.29) is 11.3 Å². The molecule has 1 amide bonds. The van der Waals surface area contributed by atoms with Crippen LogP contribution in [0.1, 0.15) is 18.4 Å². The first kappa shape index (κ1) is 17.8. The minimum Gasteiger partial charge on any atom is -0.496 e. The lowest BCUT2D eigenvalue weighted by atomic mass is 9.78. The Morgan fingerprint density at radius 2 is 1.96 bits per heavy atom. The maximum absolute atomic E-state index is 13.0. The normalized spacial score (nSPS) is 16.8. The molecule has 1 N–H and O–H groups in total. The fraction of sp³-hybridized carbons (Fsp3) is 0.611. The molecule has 0 radical (unpaired) electrons. The average Bonchev–Trinajstić information content (AvgIpc) is 2.60. The summed E-state index contributed by atoms with van der Waals surface area (Å²) in [7, 11) is 5.24. The van der Waals surface area contributed by atoms with Crippen LogP contribution < -0.4 is 10.1 Å². The van der Waals surface area contributed by atoms with Crippen molar-refractivity contribution >= 4 is 5.91 Å². The van der Waals surface area contributed by atoms with Gasteiger partial charge in [0.2, 0.25) is 5.91 Å². The van der Waals surface area contributed by atoms with E-state index >= 15 is 0 Å². The highest BCUT2D eigenvalue weighted by molar-refractivity contribution is 5.83. The molecule has 1 aromatic rings. The molecule has 0 bridgehead atoms. The number of amides is 1. The molecule has 1 saturated heterocycles. The first-order chi connectivity index (χ1) is 11.1. The van der Waals surface area contributed by atoms with Crippen LogP contribution in [0.3, 0.4) is 0 Å². The van der Waals surface area contributed by atoms with E-state index in [1.807, 2.05) is 36.2 Å². The second kappa shape index (κ2) is 8.31. The van der Waals surface area contributed by atoms with Gasteiger partial charge in [0.1, 0.15) is 5.75 Å². The van der Waals surface area contributed by atoms with Gasteiger partial charge in [-0.1, -0.05) is 18.2 Å². The van der Waals surface area contributed by atoms with E-state index in [1.54, 1.807) is 14.2 Å². The van der Waals surface area contributed by atoms with Gasteiger partial charge in [-0.3, -0.25) is 4.79 Å².